The zero-order chi connectivity index (χ0) is 18.4. The number of carbonyl (C=O) groups is 1. The van der Waals surface area contributed by atoms with Gasteiger partial charge in [-0.3, -0.25) is 4.79 Å². The van der Waals surface area contributed by atoms with E-state index in [4.69, 9.17) is 15.2 Å². The largest absolute Gasteiger partial charge is 0.490 e. The number of nitrogens with one attached hydrogen (secondary N) is 1. The predicted octanol–water partition coefficient (Wildman–Crippen LogP) is 4.21. The van der Waals surface area contributed by atoms with Crippen molar-refractivity contribution in [1.29, 1.82) is 0 Å². The lowest BCUT2D eigenvalue weighted by atomic mass is 9.71. The molecule has 0 radical (unpaired) electrons. The zero-order valence-electron chi connectivity index (χ0n) is 16.3. The van der Waals surface area contributed by atoms with Crippen LogP contribution in [0, 0.1) is 12.3 Å². The molecule has 2 aliphatic rings. The highest BCUT2D eigenvalue weighted by molar-refractivity contribution is 5.91. The van der Waals surface area contributed by atoms with Gasteiger partial charge in [-0.2, -0.15) is 0 Å². The second kappa shape index (κ2) is 10.3. The fraction of sp³-hybridized carbons (Fsp3) is 0.667. The molecule has 3 N–H and O–H groups in total. The van der Waals surface area contributed by atoms with Crippen molar-refractivity contribution in [2.24, 2.45) is 11.1 Å². The molecule has 1 aromatic rings. The molecular formula is C21H33ClN2O3. The van der Waals surface area contributed by atoms with Crippen LogP contribution in [-0.2, 0) is 9.53 Å². The van der Waals surface area contributed by atoms with E-state index in [-0.39, 0.29) is 29.8 Å². The van der Waals surface area contributed by atoms with Gasteiger partial charge in [0.2, 0.25) is 5.91 Å². The van der Waals surface area contributed by atoms with E-state index in [0.717, 1.165) is 55.9 Å². The highest BCUT2D eigenvalue weighted by Gasteiger charge is 2.33. The number of hydrogen-bond donors (Lipinski definition) is 2. The van der Waals surface area contributed by atoms with E-state index in [2.05, 4.69) is 5.32 Å². The summed E-state index contributed by atoms with van der Waals surface area (Å²) in [5, 5.41) is 3.05. The van der Waals surface area contributed by atoms with Crippen LogP contribution >= 0.6 is 12.4 Å². The van der Waals surface area contributed by atoms with Crippen molar-refractivity contribution < 1.29 is 14.3 Å². The van der Waals surface area contributed by atoms with Gasteiger partial charge in [0.15, 0.2) is 0 Å². The molecule has 0 unspecified atom stereocenters. The fourth-order valence-corrected chi connectivity index (χ4v) is 4.13. The molecule has 6 heteroatoms. The van der Waals surface area contributed by atoms with E-state index < -0.39 is 0 Å². The third-order valence-electron chi connectivity index (χ3n) is 5.80. The van der Waals surface area contributed by atoms with E-state index in [1.165, 1.54) is 19.3 Å². The smallest absolute Gasteiger partial charge is 0.224 e. The van der Waals surface area contributed by atoms with Crippen molar-refractivity contribution in [3.63, 3.8) is 0 Å². The standard InChI is InChI=1S/C21H32N2O3.ClH/c1-16-13-17(5-6-19(16)26-18-7-11-25-12-8-18)23-20(24)14-21(15-22)9-3-2-4-10-21;/h5-6,13,18H,2-4,7-12,14-15,22H2,1H3,(H,23,24);1H. The average molecular weight is 397 g/mol. The number of amides is 1. The lowest BCUT2D eigenvalue weighted by Gasteiger charge is -2.35. The van der Waals surface area contributed by atoms with Crippen molar-refractivity contribution in [3.8, 4) is 5.75 Å². The minimum atomic E-state index is -0.0104. The lowest BCUT2D eigenvalue weighted by molar-refractivity contribution is -0.118. The molecule has 0 aromatic heterocycles. The number of carbonyl (C=O) groups excluding carboxylic acids is 1. The van der Waals surface area contributed by atoms with Gasteiger partial charge in [0, 0.05) is 24.9 Å². The van der Waals surface area contributed by atoms with Crippen molar-refractivity contribution in [2.45, 2.75) is 64.4 Å². The van der Waals surface area contributed by atoms with Gasteiger partial charge in [-0.25, -0.2) is 0 Å². The summed E-state index contributed by atoms with van der Waals surface area (Å²) >= 11 is 0. The lowest BCUT2D eigenvalue weighted by Crippen LogP contribution is -2.36. The van der Waals surface area contributed by atoms with Gasteiger partial charge in [-0.05, 0) is 55.5 Å². The minimum absolute atomic E-state index is 0. The minimum Gasteiger partial charge on any atom is -0.490 e. The third-order valence-corrected chi connectivity index (χ3v) is 5.80. The Morgan fingerprint density at radius 3 is 2.59 bits per heavy atom. The normalized spacial score (nSPS) is 19.8. The van der Waals surface area contributed by atoms with Crippen molar-refractivity contribution >= 4 is 24.0 Å². The maximum Gasteiger partial charge on any atom is 0.224 e. The molecule has 1 saturated carbocycles. The first kappa shape index (κ1) is 22.0. The molecule has 0 atom stereocenters. The summed E-state index contributed by atoms with van der Waals surface area (Å²) < 4.78 is 11.5. The van der Waals surface area contributed by atoms with E-state index in [9.17, 15) is 4.79 Å². The number of ether oxygens (including phenoxy) is 2. The van der Waals surface area contributed by atoms with Crippen LogP contribution in [0.3, 0.4) is 0 Å². The molecule has 1 amide bonds. The molecule has 0 spiro atoms. The van der Waals surface area contributed by atoms with Gasteiger partial charge in [0.1, 0.15) is 11.9 Å². The van der Waals surface area contributed by atoms with Gasteiger partial charge in [0.05, 0.1) is 13.2 Å². The quantitative estimate of drug-likeness (QED) is 0.755. The summed E-state index contributed by atoms with van der Waals surface area (Å²) in [6, 6.07) is 5.87. The first-order valence-corrected chi connectivity index (χ1v) is 9.95. The number of rotatable bonds is 6. The van der Waals surface area contributed by atoms with Crippen LogP contribution in [0.15, 0.2) is 18.2 Å². The first-order chi connectivity index (χ1) is 12.6. The van der Waals surface area contributed by atoms with Crippen LogP contribution in [0.25, 0.3) is 0 Å². The number of benzene rings is 1. The predicted molar refractivity (Wildman–Crippen MR) is 111 cm³/mol. The molecule has 152 valence electrons. The fourth-order valence-electron chi connectivity index (χ4n) is 4.13. The number of nitrogens with two attached hydrogens (primary N) is 1. The van der Waals surface area contributed by atoms with E-state index in [0.29, 0.717) is 13.0 Å². The van der Waals surface area contributed by atoms with Gasteiger partial charge in [-0.15, -0.1) is 12.4 Å². The molecule has 1 aromatic carbocycles. The molecule has 3 rings (SSSR count). The van der Waals surface area contributed by atoms with Crippen LogP contribution in [0.4, 0.5) is 5.69 Å². The van der Waals surface area contributed by atoms with Gasteiger partial charge >= 0.3 is 0 Å². The molecule has 1 aliphatic heterocycles. The van der Waals surface area contributed by atoms with E-state index >= 15 is 0 Å². The molecule has 1 saturated heterocycles. The van der Waals surface area contributed by atoms with Crippen LogP contribution < -0.4 is 15.8 Å². The first-order valence-electron chi connectivity index (χ1n) is 9.95. The maximum atomic E-state index is 12.5. The van der Waals surface area contributed by atoms with Gasteiger partial charge in [0.25, 0.3) is 0 Å². The van der Waals surface area contributed by atoms with Gasteiger partial charge in [-0.1, -0.05) is 19.3 Å². The summed E-state index contributed by atoms with van der Waals surface area (Å²) in [5.41, 5.74) is 7.87. The second-order valence-electron chi connectivity index (χ2n) is 7.90. The number of hydrogen-bond acceptors (Lipinski definition) is 4. The number of aryl methyl sites for hydroxylation is 1. The Morgan fingerprint density at radius 1 is 1.26 bits per heavy atom. The number of halogens is 1. The molecule has 0 bridgehead atoms. The topological polar surface area (TPSA) is 73.6 Å². The zero-order valence-corrected chi connectivity index (χ0v) is 17.1. The Bertz CT molecular complexity index is 611. The average Bonchev–Trinajstić information content (AvgIpc) is 2.65. The summed E-state index contributed by atoms with van der Waals surface area (Å²) in [7, 11) is 0. The highest BCUT2D eigenvalue weighted by atomic mass is 35.5. The van der Waals surface area contributed by atoms with Crippen LogP contribution in [0.1, 0.15) is 56.9 Å². The Labute approximate surface area is 168 Å². The Balaban J connectivity index is 0.00000261. The van der Waals surface area contributed by atoms with Crippen LogP contribution in [0.5, 0.6) is 5.75 Å². The molecule has 1 aliphatic carbocycles. The number of anilines is 1. The molecule has 2 fully saturated rings. The second-order valence-corrected chi connectivity index (χ2v) is 7.90. The Morgan fingerprint density at radius 2 is 1.96 bits per heavy atom. The molecule has 5 nitrogen and oxygen atoms in total. The summed E-state index contributed by atoms with van der Waals surface area (Å²) in [5.74, 6) is 0.954. The summed E-state index contributed by atoms with van der Waals surface area (Å²) in [4.78, 5) is 12.5. The van der Waals surface area contributed by atoms with Crippen LogP contribution in [0.2, 0.25) is 0 Å². The van der Waals surface area contributed by atoms with E-state index in [1.807, 2.05) is 25.1 Å². The summed E-state index contributed by atoms with van der Waals surface area (Å²) in [6.07, 6.45) is 8.35. The van der Waals surface area contributed by atoms with E-state index in [1.54, 1.807) is 0 Å². The van der Waals surface area contributed by atoms with Crippen molar-refractivity contribution in [3.05, 3.63) is 23.8 Å². The molecule has 27 heavy (non-hydrogen) atoms. The van der Waals surface area contributed by atoms with Crippen molar-refractivity contribution in [1.82, 2.24) is 0 Å². The third kappa shape index (κ3) is 6.09. The maximum absolute atomic E-state index is 12.5. The van der Waals surface area contributed by atoms with Crippen LogP contribution in [-0.4, -0.2) is 31.8 Å². The summed E-state index contributed by atoms with van der Waals surface area (Å²) in [6.45, 7) is 4.14. The molecular weight excluding hydrogens is 364 g/mol. The van der Waals surface area contributed by atoms with Gasteiger partial charge < -0.3 is 20.5 Å². The SMILES string of the molecule is Cc1cc(NC(=O)CC2(CN)CCCCC2)ccc1OC1CCOCC1.Cl. The van der Waals surface area contributed by atoms with Crippen molar-refractivity contribution in [2.75, 3.05) is 25.1 Å². The highest BCUT2D eigenvalue weighted by Crippen LogP contribution is 2.38. The Kier molecular flexibility index (Phi) is 8.39. The molecule has 1 heterocycles. The Hall–Kier alpha value is -1.30. The monoisotopic (exact) mass is 396 g/mol.